The van der Waals surface area contributed by atoms with Crippen LogP contribution in [0.3, 0.4) is 0 Å². The summed E-state index contributed by atoms with van der Waals surface area (Å²) in [7, 11) is 0. The van der Waals surface area contributed by atoms with Crippen LogP contribution in [0.2, 0.25) is 0 Å². The van der Waals surface area contributed by atoms with E-state index in [4.69, 9.17) is 0 Å². The number of hydrogen-bond acceptors (Lipinski definition) is 0. The largest absolute Gasteiger partial charge is 0.207 e. The van der Waals surface area contributed by atoms with Gasteiger partial charge in [0.25, 0.3) is 0 Å². The first-order valence-electron chi connectivity index (χ1n) is 9.25. The van der Waals surface area contributed by atoms with Gasteiger partial charge in [-0.25, -0.2) is 4.39 Å². The molecule has 0 spiro atoms. The van der Waals surface area contributed by atoms with Crippen LogP contribution < -0.4 is 0 Å². The van der Waals surface area contributed by atoms with Crippen LogP contribution in [0, 0.1) is 5.82 Å². The van der Waals surface area contributed by atoms with Gasteiger partial charge >= 0.3 is 0 Å². The van der Waals surface area contributed by atoms with Crippen molar-refractivity contribution in [3.8, 4) is 0 Å². The van der Waals surface area contributed by atoms with Crippen LogP contribution in [0.15, 0.2) is 48.5 Å². The van der Waals surface area contributed by atoms with Gasteiger partial charge in [0.2, 0.25) is 0 Å². The van der Waals surface area contributed by atoms with Gasteiger partial charge in [0, 0.05) is 0 Å². The van der Waals surface area contributed by atoms with Gasteiger partial charge in [-0.3, -0.25) is 0 Å². The molecule has 0 aliphatic carbocycles. The van der Waals surface area contributed by atoms with E-state index in [0.29, 0.717) is 0 Å². The Morgan fingerprint density at radius 3 is 2.17 bits per heavy atom. The highest BCUT2D eigenvalue weighted by Gasteiger charge is 2.04. The summed E-state index contributed by atoms with van der Waals surface area (Å²) < 4.78 is 14.3. The lowest BCUT2D eigenvalue weighted by molar-refractivity contribution is 0.608. The van der Waals surface area contributed by atoms with E-state index in [1.807, 2.05) is 18.2 Å². The molecule has 0 nitrogen and oxygen atoms in total. The fourth-order valence-electron chi connectivity index (χ4n) is 2.85. The molecule has 0 bridgehead atoms. The molecule has 0 amide bonds. The molecule has 0 unspecified atom stereocenters. The van der Waals surface area contributed by atoms with Crippen molar-refractivity contribution < 1.29 is 4.39 Å². The van der Waals surface area contributed by atoms with Gasteiger partial charge in [-0.15, -0.1) is 0 Å². The van der Waals surface area contributed by atoms with Gasteiger partial charge < -0.3 is 0 Å². The van der Waals surface area contributed by atoms with Crippen LogP contribution in [-0.4, -0.2) is 0 Å². The second kappa shape index (κ2) is 10.1. The van der Waals surface area contributed by atoms with Crippen LogP contribution in [0.4, 0.5) is 4.39 Å². The molecule has 2 aromatic carbocycles. The molecule has 128 valence electrons. The molecule has 0 aliphatic heterocycles. The minimum Gasteiger partial charge on any atom is -0.207 e. The first kappa shape index (κ1) is 18.4. The Kier molecular flexibility index (Phi) is 7.74. The summed E-state index contributed by atoms with van der Waals surface area (Å²) in [6.45, 7) is 4.37. The zero-order valence-corrected chi connectivity index (χ0v) is 15.0. The predicted molar refractivity (Wildman–Crippen MR) is 103 cm³/mol. The van der Waals surface area contributed by atoms with E-state index < -0.39 is 0 Å². The fourth-order valence-corrected chi connectivity index (χ4v) is 2.85. The van der Waals surface area contributed by atoms with E-state index in [1.165, 1.54) is 30.4 Å². The standard InChI is InChI=1S/C23H29F/c1-3-5-6-7-9-21-15-17-22(23(24)18-21)16-14-20-12-10-19(8-4-2)11-13-20/h7,9-13,15,17-18H,3-6,8,14,16H2,1-2H3/b9-7+. The highest BCUT2D eigenvalue weighted by Crippen LogP contribution is 2.16. The molecule has 0 atom stereocenters. The van der Waals surface area contributed by atoms with Crippen molar-refractivity contribution in [2.24, 2.45) is 0 Å². The second-order valence-corrected chi connectivity index (χ2v) is 6.46. The van der Waals surface area contributed by atoms with E-state index in [2.05, 4.69) is 44.2 Å². The fraction of sp³-hybridized carbons (Fsp3) is 0.391. The Morgan fingerprint density at radius 1 is 0.833 bits per heavy atom. The number of hydrogen-bond donors (Lipinski definition) is 0. The summed E-state index contributed by atoms with van der Waals surface area (Å²) >= 11 is 0. The lowest BCUT2D eigenvalue weighted by Crippen LogP contribution is -1.96. The molecule has 24 heavy (non-hydrogen) atoms. The molecule has 0 aliphatic rings. The first-order valence-corrected chi connectivity index (χ1v) is 9.25. The van der Waals surface area contributed by atoms with E-state index in [9.17, 15) is 4.39 Å². The van der Waals surface area contributed by atoms with E-state index in [0.717, 1.165) is 36.8 Å². The molecular formula is C23H29F. The lowest BCUT2D eigenvalue weighted by Gasteiger charge is -2.06. The van der Waals surface area contributed by atoms with Crippen LogP contribution in [-0.2, 0) is 19.3 Å². The molecule has 2 rings (SSSR count). The number of halogens is 1. The van der Waals surface area contributed by atoms with Crippen molar-refractivity contribution in [1.82, 2.24) is 0 Å². The maximum Gasteiger partial charge on any atom is 0.127 e. The molecule has 0 saturated heterocycles. The normalized spacial score (nSPS) is 11.3. The number of rotatable bonds is 9. The first-order chi connectivity index (χ1) is 11.7. The van der Waals surface area contributed by atoms with Crippen LogP contribution in [0.25, 0.3) is 6.08 Å². The van der Waals surface area contributed by atoms with Gasteiger partial charge in [-0.05, 0) is 54.0 Å². The van der Waals surface area contributed by atoms with Gasteiger partial charge in [-0.2, -0.15) is 0 Å². The molecular weight excluding hydrogens is 295 g/mol. The maximum atomic E-state index is 14.3. The molecule has 2 aromatic rings. The Morgan fingerprint density at radius 2 is 1.54 bits per heavy atom. The summed E-state index contributed by atoms with van der Waals surface area (Å²) in [5, 5.41) is 0. The molecule has 1 heteroatoms. The average molecular weight is 324 g/mol. The quantitative estimate of drug-likeness (QED) is 0.447. The molecule has 0 radical (unpaired) electrons. The van der Waals surface area contributed by atoms with E-state index >= 15 is 0 Å². The van der Waals surface area contributed by atoms with E-state index in [-0.39, 0.29) is 5.82 Å². The van der Waals surface area contributed by atoms with Gasteiger partial charge in [-0.1, -0.05) is 81.7 Å². The molecule has 0 saturated carbocycles. The average Bonchev–Trinajstić information content (AvgIpc) is 2.59. The van der Waals surface area contributed by atoms with E-state index in [1.54, 1.807) is 6.07 Å². The molecule has 0 fully saturated rings. The minimum absolute atomic E-state index is 0.0877. The van der Waals surface area contributed by atoms with Crippen LogP contribution in [0.5, 0.6) is 0 Å². The highest BCUT2D eigenvalue weighted by atomic mass is 19.1. The second-order valence-electron chi connectivity index (χ2n) is 6.46. The van der Waals surface area contributed by atoms with Gasteiger partial charge in [0.05, 0.1) is 0 Å². The highest BCUT2D eigenvalue weighted by molar-refractivity contribution is 5.50. The van der Waals surface area contributed by atoms with Crippen molar-refractivity contribution >= 4 is 6.08 Å². The predicted octanol–water partition coefficient (Wildman–Crippen LogP) is 6.77. The third kappa shape index (κ3) is 5.96. The minimum atomic E-state index is -0.0877. The molecule has 0 N–H and O–H groups in total. The molecule has 0 aromatic heterocycles. The Balaban J connectivity index is 1.91. The topological polar surface area (TPSA) is 0 Å². The maximum absolute atomic E-state index is 14.3. The summed E-state index contributed by atoms with van der Waals surface area (Å²) in [4.78, 5) is 0. The van der Waals surface area contributed by atoms with Crippen molar-refractivity contribution in [2.75, 3.05) is 0 Å². The summed E-state index contributed by atoms with van der Waals surface area (Å²) in [6.07, 6.45) is 11.5. The monoisotopic (exact) mass is 324 g/mol. The number of unbranched alkanes of at least 4 members (excludes halogenated alkanes) is 2. The zero-order valence-electron chi connectivity index (χ0n) is 15.0. The summed E-state index contributed by atoms with van der Waals surface area (Å²) in [5.74, 6) is -0.0877. The Hall–Kier alpha value is -1.89. The van der Waals surface area contributed by atoms with Gasteiger partial charge in [0.15, 0.2) is 0 Å². The SMILES string of the molecule is CCCC/C=C/c1ccc(CCc2ccc(CCC)cc2)c(F)c1. The number of allylic oxidation sites excluding steroid dienone is 1. The molecule has 0 heterocycles. The van der Waals surface area contributed by atoms with Crippen LogP contribution >= 0.6 is 0 Å². The zero-order chi connectivity index (χ0) is 17.2. The van der Waals surface area contributed by atoms with Crippen LogP contribution in [0.1, 0.15) is 61.8 Å². The van der Waals surface area contributed by atoms with Crippen molar-refractivity contribution in [3.05, 3.63) is 76.6 Å². The lowest BCUT2D eigenvalue weighted by atomic mass is 10.0. The summed E-state index contributed by atoms with van der Waals surface area (Å²) in [5.41, 5.74) is 4.42. The summed E-state index contributed by atoms with van der Waals surface area (Å²) in [6, 6.07) is 14.3. The van der Waals surface area contributed by atoms with Crippen molar-refractivity contribution in [1.29, 1.82) is 0 Å². The smallest absolute Gasteiger partial charge is 0.127 e. The number of aryl methyl sites for hydroxylation is 3. The van der Waals surface area contributed by atoms with Gasteiger partial charge in [0.1, 0.15) is 5.82 Å². The Bertz CT molecular complexity index is 638. The van der Waals surface area contributed by atoms with Crippen molar-refractivity contribution in [3.63, 3.8) is 0 Å². The van der Waals surface area contributed by atoms with Crippen molar-refractivity contribution in [2.45, 2.75) is 58.8 Å². The third-order valence-electron chi connectivity index (χ3n) is 4.36. The third-order valence-corrected chi connectivity index (χ3v) is 4.36. The number of benzene rings is 2. The Labute approximate surface area is 146 Å².